The second kappa shape index (κ2) is 7.24. The van der Waals surface area contributed by atoms with E-state index in [-0.39, 0.29) is 12.2 Å². The van der Waals surface area contributed by atoms with E-state index in [1.807, 2.05) is 6.20 Å². The number of benzene rings is 2. The van der Waals surface area contributed by atoms with Gasteiger partial charge in [-0.25, -0.2) is 4.39 Å². The number of fused-ring (bicyclic) bond motifs is 3. The first-order valence-corrected chi connectivity index (χ1v) is 9.41. The van der Waals surface area contributed by atoms with Gasteiger partial charge in [0.25, 0.3) is 0 Å². The average molecular weight is 378 g/mol. The number of carboxylic acid groups (broad SMARTS) is 1. The predicted molar refractivity (Wildman–Crippen MR) is 110 cm³/mol. The molecule has 2 aromatic carbocycles. The Hall–Kier alpha value is -2.92. The molecule has 0 radical (unpaired) electrons. The van der Waals surface area contributed by atoms with Crippen LogP contribution in [0, 0.1) is 12.7 Å². The molecule has 1 aliphatic heterocycles. The lowest BCUT2D eigenvalue weighted by atomic mass is 10.0. The third-order valence-corrected chi connectivity index (χ3v) is 5.38. The molecule has 0 aliphatic carbocycles. The fourth-order valence-electron chi connectivity index (χ4n) is 3.99. The van der Waals surface area contributed by atoms with Crippen LogP contribution in [0.1, 0.15) is 28.8 Å². The standard InChI is InChI=1S/C23H23FN2O2/c1-15-3-8-21-19(11-15)20-14-25(2)10-9-22(20)26(21)13-17(12-23(27)28)16-4-6-18(24)7-5-16/h3-8,11,13H,9-10,12,14H2,1-2H3,(H,27,28). The second-order valence-electron chi connectivity index (χ2n) is 7.54. The highest BCUT2D eigenvalue weighted by Crippen LogP contribution is 2.33. The summed E-state index contributed by atoms with van der Waals surface area (Å²) in [6.07, 6.45) is 2.70. The molecule has 0 bridgehead atoms. The molecular formula is C23H23FN2O2. The van der Waals surface area contributed by atoms with Gasteiger partial charge in [0.15, 0.2) is 0 Å². The van der Waals surface area contributed by atoms with Gasteiger partial charge in [-0.1, -0.05) is 23.8 Å². The van der Waals surface area contributed by atoms with Gasteiger partial charge in [-0.2, -0.15) is 0 Å². The molecule has 1 N–H and O–H groups in total. The SMILES string of the molecule is Cc1ccc2c(c1)c1c(n2C=C(CC(=O)O)c2ccc(F)cc2)CCN(C)C1. The molecule has 4 rings (SSSR count). The molecule has 4 nitrogen and oxygen atoms in total. The number of rotatable bonds is 4. The first kappa shape index (κ1) is 18.4. The molecule has 144 valence electrons. The van der Waals surface area contributed by atoms with Gasteiger partial charge in [-0.3, -0.25) is 4.79 Å². The summed E-state index contributed by atoms with van der Waals surface area (Å²) in [6, 6.07) is 12.4. The third-order valence-electron chi connectivity index (χ3n) is 5.38. The Morgan fingerprint density at radius 3 is 2.68 bits per heavy atom. The number of aliphatic carboxylic acids is 1. The van der Waals surface area contributed by atoms with E-state index < -0.39 is 5.97 Å². The van der Waals surface area contributed by atoms with Crippen LogP contribution in [0.15, 0.2) is 42.5 Å². The number of carbonyl (C=O) groups is 1. The molecule has 0 saturated heterocycles. The van der Waals surface area contributed by atoms with Gasteiger partial charge in [-0.05, 0) is 54.9 Å². The molecule has 0 saturated carbocycles. The minimum atomic E-state index is -0.906. The Kier molecular flexibility index (Phi) is 4.77. The fraction of sp³-hybridized carbons (Fsp3) is 0.261. The summed E-state index contributed by atoms with van der Waals surface area (Å²) in [5.41, 5.74) is 6.19. The molecule has 0 amide bonds. The maximum absolute atomic E-state index is 13.4. The van der Waals surface area contributed by atoms with Crippen molar-refractivity contribution in [1.29, 1.82) is 0 Å². The van der Waals surface area contributed by atoms with E-state index in [0.717, 1.165) is 30.6 Å². The monoisotopic (exact) mass is 378 g/mol. The maximum atomic E-state index is 13.4. The summed E-state index contributed by atoms with van der Waals surface area (Å²) in [7, 11) is 2.12. The topological polar surface area (TPSA) is 45.5 Å². The summed E-state index contributed by atoms with van der Waals surface area (Å²) in [4.78, 5) is 13.8. The van der Waals surface area contributed by atoms with Crippen LogP contribution in [0.25, 0.3) is 22.7 Å². The summed E-state index contributed by atoms with van der Waals surface area (Å²) in [5.74, 6) is -1.24. The number of aromatic nitrogens is 1. The maximum Gasteiger partial charge on any atom is 0.307 e. The van der Waals surface area contributed by atoms with Crippen molar-refractivity contribution in [2.45, 2.75) is 26.3 Å². The Bertz CT molecular complexity index is 1080. The minimum Gasteiger partial charge on any atom is -0.481 e. The number of hydrogen-bond donors (Lipinski definition) is 1. The minimum absolute atomic E-state index is 0.119. The van der Waals surface area contributed by atoms with Crippen LogP contribution in [0.2, 0.25) is 0 Å². The molecule has 0 spiro atoms. The summed E-state index contributed by atoms with van der Waals surface area (Å²) in [5, 5.41) is 10.6. The molecule has 2 heterocycles. The molecule has 28 heavy (non-hydrogen) atoms. The quantitative estimate of drug-likeness (QED) is 0.724. The number of hydrogen-bond acceptors (Lipinski definition) is 2. The largest absolute Gasteiger partial charge is 0.481 e. The van der Waals surface area contributed by atoms with E-state index in [2.05, 4.69) is 41.6 Å². The molecule has 1 aliphatic rings. The Labute approximate surface area is 163 Å². The van der Waals surface area contributed by atoms with Crippen LogP contribution >= 0.6 is 0 Å². The van der Waals surface area contributed by atoms with E-state index in [9.17, 15) is 14.3 Å². The van der Waals surface area contributed by atoms with Crippen molar-refractivity contribution in [3.05, 3.63) is 70.7 Å². The van der Waals surface area contributed by atoms with Crippen LogP contribution in [0.5, 0.6) is 0 Å². The van der Waals surface area contributed by atoms with Crippen molar-refractivity contribution in [3.8, 4) is 0 Å². The number of halogens is 1. The lowest BCUT2D eigenvalue weighted by Crippen LogP contribution is -2.26. The third kappa shape index (κ3) is 3.45. The fourth-order valence-corrected chi connectivity index (χ4v) is 3.99. The van der Waals surface area contributed by atoms with Gasteiger partial charge in [0, 0.05) is 36.8 Å². The molecular weight excluding hydrogens is 355 g/mol. The van der Waals surface area contributed by atoms with Crippen molar-refractivity contribution >= 4 is 28.6 Å². The van der Waals surface area contributed by atoms with E-state index in [1.165, 1.54) is 34.3 Å². The summed E-state index contributed by atoms with van der Waals surface area (Å²) in [6.45, 7) is 3.92. The molecule has 1 aromatic heterocycles. The van der Waals surface area contributed by atoms with Gasteiger partial charge in [0.05, 0.1) is 11.9 Å². The Morgan fingerprint density at radius 1 is 1.21 bits per heavy atom. The highest BCUT2D eigenvalue weighted by atomic mass is 19.1. The zero-order valence-electron chi connectivity index (χ0n) is 16.1. The molecule has 0 fully saturated rings. The first-order chi connectivity index (χ1) is 13.4. The average Bonchev–Trinajstić information content (AvgIpc) is 2.94. The van der Waals surface area contributed by atoms with Crippen molar-refractivity contribution in [1.82, 2.24) is 9.47 Å². The summed E-state index contributed by atoms with van der Waals surface area (Å²) < 4.78 is 15.5. The summed E-state index contributed by atoms with van der Waals surface area (Å²) >= 11 is 0. The van der Waals surface area contributed by atoms with Crippen LogP contribution in [0.3, 0.4) is 0 Å². The molecule has 5 heteroatoms. The first-order valence-electron chi connectivity index (χ1n) is 9.41. The van der Waals surface area contributed by atoms with Gasteiger partial charge in [0.2, 0.25) is 0 Å². The van der Waals surface area contributed by atoms with Crippen LogP contribution in [0.4, 0.5) is 4.39 Å². The van der Waals surface area contributed by atoms with E-state index >= 15 is 0 Å². The zero-order valence-corrected chi connectivity index (χ0v) is 16.1. The van der Waals surface area contributed by atoms with Crippen LogP contribution in [-0.4, -0.2) is 34.1 Å². The zero-order chi connectivity index (χ0) is 19.8. The van der Waals surface area contributed by atoms with Gasteiger partial charge in [-0.15, -0.1) is 0 Å². The Morgan fingerprint density at radius 2 is 1.96 bits per heavy atom. The lowest BCUT2D eigenvalue weighted by molar-refractivity contribution is -0.135. The normalized spacial score (nSPS) is 15.0. The number of carboxylic acids is 1. The van der Waals surface area contributed by atoms with Crippen molar-refractivity contribution in [2.75, 3.05) is 13.6 Å². The van der Waals surface area contributed by atoms with E-state index in [1.54, 1.807) is 12.1 Å². The van der Waals surface area contributed by atoms with Gasteiger partial charge >= 0.3 is 5.97 Å². The van der Waals surface area contributed by atoms with E-state index in [0.29, 0.717) is 5.57 Å². The number of likely N-dealkylation sites (N-methyl/N-ethyl adjacent to an activating group) is 1. The van der Waals surface area contributed by atoms with Gasteiger partial charge < -0.3 is 14.6 Å². The van der Waals surface area contributed by atoms with Crippen molar-refractivity contribution in [3.63, 3.8) is 0 Å². The Balaban J connectivity index is 1.93. The molecule has 0 atom stereocenters. The van der Waals surface area contributed by atoms with Crippen LogP contribution in [-0.2, 0) is 17.8 Å². The molecule has 0 unspecified atom stereocenters. The smallest absolute Gasteiger partial charge is 0.307 e. The van der Waals surface area contributed by atoms with Gasteiger partial charge in [0.1, 0.15) is 5.82 Å². The van der Waals surface area contributed by atoms with Crippen molar-refractivity contribution < 1.29 is 14.3 Å². The number of aryl methyl sites for hydroxylation is 1. The lowest BCUT2D eigenvalue weighted by Gasteiger charge is -2.23. The highest BCUT2D eigenvalue weighted by Gasteiger charge is 2.22. The predicted octanol–water partition coefficient (Wildman–Crippen LogP) is 4.55. The molecule has 3 aromatic rings. The van der Waals surface area contributed by atoms with Crippen LogP contribution < -0.4 is 0 Å². The number of nitrogens with zero attached hydrogens (tertiary/aromatic N) is 2. The van der Waals surface area contributed by atoms with Crippen molar-refractivity contribution in [2.24, 2.45) is 0 Å². The highest BCUT2D eigenvalue weighted by molar-refractivity contribution is 5.93. The van der Waals surface area contributed by atoms with E-state index in [4.69, 9.17) is 0 Å². The second-order valence-corrected chi connectivity index (χ2v) is 7.54.